The van der Waals surface area contributed by atoms with Crippen molar-refractivity contribution in [2.24, 2.45) is 5.73 Å². The Morgan fingerprint density at radius 3 is 2.83 bits per heavy atom. The Hall–Kier alpha value is -0.420. The number of amides is 1. The molecule has 5 heteroatoms. The van der Waals surface area contributed by atoms with Crippen LogP contribution in [-0.4, -0.2) is 5.91 Å². The summed E-state index contributed by atoms with van der Waals surface area (Å²) >= 11 is 3.25. The summed E-state index contributed by atoms with van der Waals surface area (Å²) in [6, 6.07) is 3.46. The van der Waals surface area contributed by atoms with Gasteiger partial charge in [-0.1, -0.05) is 0 Å². The van der Waals surface area contributed by atoms with Crippen molar-refractivity contribution in [2.45, 2.75) is 5.45 Å². The quantitative estimate of drug-likeness (QED) is 0.473. The van der Waals surface area contributed by atoms with Crippen molar-refractivity contribution in [1.82, 2.24) is 0 Å². The van der Waals surface area contributed by atoms with Crippen molar-refractivity contribution in [1.29, 1.82) is 0 Å². The molecule has 1 aromatic rings. The third-order valence-corrected chi connectivity index (χ3v) is 1.86. The number of nitrogens with two attached hydrogens (primary N) is 1. The maximum Gasteiger partial charge on any atom is 0.254 e. The molecule has 0 aliphatic rings. The second-order valence-corrected chi connectivity index (χ2v) is 2.59. The van der Waals surface area contributed by atoms with Crippen LogP contribution in [0.3, 0.4) is 0 Å². The summed E-state index contributed by atoms with van der Waals surface area (Å²) in [7, 11) is 0. The number of pyridine rings is 1. The molecular weight excluding hydrogens is 288 g/mol. The number of aromatic nitrogens is 1. The van der Waals surface area contributed by atoms with E-state index in [1.54, 1.807) is 18.3 Å². The molecule has 0 fully saturated rings. The summed E-state index contributed by atoms with van der Waals surface area (Å²) in [5.74, 6) is -0.402. The highest BCUT2D eigenvalue weighted by Crippen LogP contribution is 1.92. The molecule has 0 aromatic carbocycles. The molecule has 66 valence electrons. The Morgan fingerprint density at radius 2 is 2.33 bits per heavy atom. The van der Waals surface area contributed by atoms with E-state index in [1.165, 1.54) is 0 Å². The highest BCUT2D eigenvalue weighted by Gasteiger charge is 2.04. The van der Waals surface area contributed by atoms with Crippen LogP contribution in [-0.2, 0) is 5.45 Å². The van der Waals surface area contributed by atoms with E-state index >= 15 is 0 Å². The first-order chi connectivity index (χ1) is 5.24. The fraction of sp³-hybridized carbons (Fsp3) is 0.143. The van der Waals surface area contributed by atoms with Crippen LogP contribution in [0.2, 0.25) is 0 Å². The van der Waals surface area contributed by atoms with Crippen LogP contribution in [0.5, 0.6) is 0 Å². The normalized spacial score (nSPS) is 8.75. The number of alkyl halides is 1. The van der Waals surface area contributed by atoms with Crippen molar-refractivity contribution in [3.63, 3.8) is 0 Å². The van der Waals surface area contributed by atoms with E-state index in [0.29, 0.717) is 11.0 Å². The number of hydrogen-bond donors (Lipinski definition) is 1. The molecule has 0 spiro atoms. The Bertz CT molecular complexity index is 278. The van der Waals surface area contributed by atoms with E-state index < -0.39 is 5.91 Å². The Labute approximate surface area is 89.5 Å². The van der Waals surface area contributed by atoms with Crippen LogP contribution in [0.4, 0.5) is 0 Å². The zero-order valence-corrected chi connectivity index (χ0v) is 9.38. The molecule has 0 unspecified atom stereocenters. The minimum absolute atomic E-state index is 0. The summed E-state index contributed by atoms with van der Waals surface area (Å²) in [4.78, 5) is 10.7. The molecule has 1 rings (SSSR count). The van der Waals surface area contributed by atoms with E-state index in [1.807, 2.05) is 10.8 Å². The van der Waals surface area contributed by atoms with E-state index in [0.717, 1.165) is 0 Å². The number of carbonyl (C=O) groups is 1. The second-order valence-electron chi connectivity index (χ2n) is 2.09. The minimum atomic E-state index is -0.402. The van der Waals surface area contributed by atoms with Gasteiger partial charge in [-0.3, -0.25) is 4.79 Å². The van der Waals surface area contributed by atoms with Gasteiger partial charge >= 0.3 is 0 Å². The molecule has 0 saturated carbocycles. The number of carbonyl (C=O) groups excluding carboxylic acids is 1. The fourth-order valence-corrected chi connectivity index (χ4v) is 1.05. The largest absolute Gasteiger partial charge is 1.00 e. The predicted molar refractivity (Wildman–Crippen MR) is 44.1 cm³/mol. The van der Waals surface area contributed by atoms with Gasteiger partial charge in [-0.05, 0) is 22.0 Å². The molecule has 0 aliphatic carbocycles. The van der Waals surface area contributed by atoms with Gasteiger partial charge in [-0.25, -0.2) is 0 Å². The molecule has 12 heavy (non-hydrogen) atoms. The van der Waals surface area contributed by atoms with Gasteiger partial charge in [0.2, 0.25) is 5.45 Å². The SMILES string of the molecule is NC(=O)c1ccc[n+](CBr)c1.[Br-]. The summed E-state index contributed by atoms with van der Waals surface area (Å²) in [5.41, 5.74) is 6.25. The summed E-state index contributed by atoms with van der Waals surface area (Å²) in [5, 5.41) is 0. The van der Waals surface area contributed by atoms with E-state index in [4.69, 9.17) is 5.73 Å². The van der Waals surface area contributed by atoms with Gasteiger partial charge in [0.1, 0.15) is 5.56 Å². The number of rotatable bonds is 2. The first-order valence-electron chi connectivity index (χ1n) is 3.09. The maximum absolute atomic E-state index is 10.7. The summed E-state index contributed by atoms with van der Waals surface area (Å²) < 4.78 is 1.82. The average molecular weight is 296 g/mol. The van der Waals surface area contributed by atoms with Gasteiger partial charge in [0.25, 0.3) is 5.91 Å². The first-order valence-corrected chi connectivity index (χ1v) is 4.21. The number of primary amides is 1. The highest BCUT2D eigenvalue weighted by atomic mass is 79.9. The molecule has 0 aliphatic heterocycles. The lowest BCUT2D eigenvalue weighted by atomic mass is 10.3. The molecule has 1 heterocycles. The Kier molecular flexibility index (Phi) is 5.08. The van der Waals surface area contributed by atoms with Crippen molar-refractivity contribution >= 4 is 21.8 Å². The van der Waals surface area contributed by atoms with Crippen molar-refractivity contribution < 1.29 is 26.3 Å². The van der Waals surface area contributed by atoms with Crippen LogP contribution in [0.15, 0.2) is 24.5 Å². The van der Waals surface area contributed by atoms with Gasteiger partial charge in [-0.15, -0.1) is 0 Å². The fourth-order valence-electron chi connectivity index (χ4n) is 0.742. The molecule has 0 atom stereocenters. The molecule has 0 saturated heterocycles. The van der Waals surface area contributed by atoms with Crippen LogP contribution in [0, 0.1) is 0 Å². The van der Waals surface area contributed by atoms with Gasteiger partial charge in [-0.2, -0.15) is 4.57 Å². The van der Waals surface area contributed by atoms with Crippen molar-refractivity contribution in [3.8, 4) is 0 Å². The molecule has 1 amide bonds. The minimum Gasteiger partial charge on any atom is -1.00 e. The molecular formula is C7H8Br2N2O. The molecule has 0 radical (unpaired) electrons. The van der Waals surface area contributed by atoms with E-state index in [2.05, 4.69) is 15.9 Å². The zero-order valence-electron chi connectivity index (χ0n) is 6.21. The zero-order chi connectivity index (χ0) is 8.27. The van der Waals surface area contributed by atoms with Crippen molar-refractivity contribution in [2.75, 3.05) is 0 Å². The van der Waals surface area contributed by atoms with Gasteiger partial charge in [0.15, 0.2) is 12.4 Å². The number of nitrogens with zero attached hydrogens (tertiary/aromatic N) is 1. The van der Waals surface area contributed by atoms with Crippen LogP contribution < -0.4 is 27.3 Å². The molecule has 3 nitrogen and oxygen atoms in total. The topological polar surface area (TPSA) is 47.0 Å². The summed E-state index contributed by atoms with van der Waals surface area (Å²) in [6.07, 6.45) is 3.54. The van der Waals surface area contributed by atoms with E-state index in [9.17, 15) is 4.79 Å². The standard InChI is InChI=1S/C7H7BrN2O.BrH/c8-5-10-3-1-2-6(4-10)7(9)11;/h1-4H,5H2,(H-,9,11);1H. The lowest BCUT2D eigenvalue weighted by molar-refractivity contribution is -0.674. The Morgan fingerprint density at radius 1 is 1.67 bits per heavy atom. The second kappa shape index (κ2) is 5.27. The summed E-state index contributed by atoms with van der Waals surface area (Å²) in [6.45, 7) is 0. The monoisotopic (exact) mass is 294 g/mol. The predicted octanol–water partition coefficient (Wildman–Crippen LogP) is -2.57. The number of hydrogen-bond acceptors (Lipinski definition) is 1. The van der Waals surface area contributed by atoms with Gasteiger partial charge < -0.3 is 22.7 Å². The first kappa shape index (κ1) is 11.6. The average Bonchev–Trinajstić information content (AvgIpc) is 2.05. The van der Waals surface area contributed by atoms with Crippen molar-refractivity contribution in [3.05, 3.63) is 30.1 Å². The highest BCUT2D eigenvalue weighted by molar-refractivity contribution is 9.08. The van der Waals surface area contributed by atoms with Gasteiger partial charge in [0.05, 0.1) is 0 Å². The lowest BCUT2D eigenvalue weighted by Gasteiger charge is -1.92. The van der Waals surface area contributed by atoms with Crippen LogP contribution in [0.25, 0.3) is 0 Å². The van der Waals surface area contributed by atoms with Crippen LogP contribution in [0.1, 0.15) is 10.4 Å². The Balaban J connectivity index is 0.00000121. The van der Waals surface area contributed by atoms with Crippen LogP contribution >= 0.6 is 15.9 Å². The lowest BCUT2D eigenvalue weighted by Crippen LogP contribution is -3.00. The molecule has 2 N–H and O–H groups in total. The third-order valence-electron chi connectivity index (χ3n) is 1.28. The molecule has 1 aromatic heterocycles. The third kappa shape index (κ3) is 2.91. The van der Waals surface area contributed by atoms with Gasteiger partial charge in [0, 0.05) is 6.07 Å². The maximum atomic E-state index is 10.7. The molecule has 0 bridgehead atoms. The van der Waals surface area contributed by atoms with E-state index in [-0.39, 0.29) is 17.0 Å². The smallest absolute Gasteiger partial charge is 0.254 e. The number of halogens is 2.